The second-order valence-corrected chi connectivity index (χ2v) is 5.70. The molecule has 0 bridgehead atoms. The van der Waals surface area contributed by atoms with Gasteiger partial charge in [0.2, 0.25) is 0 Å². The van der Waals surface area contributed by atoms with Crippen LogP contribution in [0, 0.1) is 12.8 Å². The Labute approximate surface area is 109 Å². The molecule has 0 amide bonds. The maximum absolute atomic E-state index is 4.37. The molecule has 3 nitrogen and oxygen atoms in total. The highest BCUT2D eigenvalue weighted by Crippen LogP contribution is 2.13. The second-order valence-electron chi connectivity index (χ2n) is 4.63. The van der Waals surface area contributed by atoms with Gasteiger partial charge in [0, 0.05) is 17.6 Å². The first-order chi connectivity index (χ1) is 8.18. The second kappa shape index (κ2) is 8.48. The van der Waals surface area contributed by atoms with E-state index in [0.29, 0.717) is 0 Å². The van der Waals surface area contributed by atoms with Crippen molar-refractivity contribution >= 4 is 11.8 Å². The van der Waals surface area contributed by atoms with Gasteiger partial charge in [0.1, 0.15) is 0 Å². The van der Waals surface area contributed by atoms with Gasteiger partial charge in [-0.3, -0.25) is 0 Å². The van der Waals surface area contributed by atoms with Gasteiger partial charge in [0.25, 0.3) is 0 Å². The van der Waals surface area contributed by atoms with Crippen LogP contribution in [0.5, 0.6) is 0 Å². The highest BCUT2D eigenvalue weighted by molar-refractivity contribution is 7.99. The van der Waals surface area contributed by atoms with Gasteiger partial charge >= 0.3 is 0 Å². The number of rotatable bonds is 8. The van der Waals surface area contributed by atoms with Crippen molar-refractivity contribution in [3.8, 4) is 0 Å². The first kappa shape index (κ1) is 14.5. The zero-order valence-electron chi connectivity index (χ0n) is 11.1. The van der Waals surface area contributed by atoms with Crippen molar-refractivity contribution in [1.29, 1.82) is 0 Å². The molecule has 1 aromatic rings. The highest BCUT2D eigenvalue weighted by atomic mass is 32.2. The van der Waals surface area contributed by atoms with Crippen molar-refractivity contribution in [1.82, 2.24) is 15.3 Å². The molecule has 0 aromatic carbocycles. The van der Waals surface area contributed by atoms with Gasteiger partial charge in [-0.2, -0.15) is 0 Å². The molecule has 0 aliphatic heterocycles. The molecule has 0 unspecified atom stereocenters. The van der Waals surface area contributed by atoms with Crippen LogP contribution in [0.2, 0.25) is 0 Å². The summed E-state index contributed by atoms with van der Waals surface area (Å²) in [6.07, 6.45) is 4.27. The van der Waals surface area contributed by atoms with Crippen LogP contribution in [-0.4, -0.2) is 28.8 Å². The van der Waals surface area contributed by atoms with E-state index in [1.54, 1.807) is 11.8 Å². The van der Waals surface area contributed by atoms with E-state index in [1.807, 2.05) is 19.2 Å². The van der Waals surface area contributed by atoms with E-state index in [0.717, 1.165) is 35.6 Å². The Kier molecular flexibility index (Phi) is 7.21. The van der Waals surface area contributed by atoms with E-state index in [9.17, 15) is 0 Å². The van der Waals surface area contributed by atoms with Crippen LogP contribution < -0.4 is 5.32 Å². The topological polar surface area (TPSA) is 37.8 Å². The third-order valence-electron chi connectivity index (χ3n) is 2.30. The third-order valence-corrected chi connectivity index (χ3v) is 3.25. The van der Waals surface area contributed by atoms with Crippen LogP contribution in [0.4, 0.5) is 0 Å². The minimum atomic E-state index is 0.741. The fourth-order valence-corrected chi connectivity index (χ4v) is 2.28. The number of aromatic nitrogens is 2. The smallest absolute Gasteiger partial charge is 0.187 e. The maximum atomic E-state index is 4.37. The number of thioether (sulfide) groups is 1. The summed E-state index contributed by atoms with van der Waals surface area (Å²) in [6.45, 7) is 8.71. The van der Waals surface area contributed by atoms with Crippen LogP contribution in [-0.2, 0) is 0 Å². The van der Waals surface area contributed by atoms with E-state index in [1.165, 1.54) is 12.8 Å². The Morgan fingerprint density at radius 3 is 2.88 bits per heavy atom. The van der Waals surface area contributed by atoms with E-state index >= 15 is 0 Å². The molecule has 1 N–H and O–H groups in total. The summed E-state index contributed by atoms with van der Waals surface area (Å²) in [5, 5.41) is 4.36. The summed E-state index contributed by atoms with van der Waals surface area (Å²) in [5.41, 5.74) is 1.04. The summed E-state index contributed by atoms with van der Waals surface area (Å²) < 4.78 is 0. The molecule has 0 spiro atoms. The van der Waals surface area contributed by atoms with Gasteiger partial charge in [0.15, 0.2) is 5.16 Å². The summed E-state index contributed by atoms with van der Waals surface area (Å²) in [7, 11) is 0. The SMILES string of the molecule is Cc1ccnc(SCCCCNCC(C)C)n1. The Bertz CT molecular complexity index is 315. The Balaban J connectivity index is 2.01. The van der Waals surface area contributed by atoms with Crippen molar-refractivity contribution in [2.45, 2.75) is 38.8 Å². The predicted molar refractivity (Wildman–Crippen MR) is 74.4 cm³/mol. The Morgan fingerprint density at radius 1 is 1.35 bits per heavy atom. The van der Waals surface area contributed by atoms with Gasteiger partial charge in [0.05, 0.1) is 0 Å². The van der Waals surface area contributed by atoms with Crippen molar-refractivity contribution in [3.63, 3.8) is 0 Å². The number of hydrogen-bond acceptors (Lipinski definition) is 4. The standard InChI is InChI=1S/C13H23N3S/c1-11(2)10-14-7-4-5-9-17-13-15-8-6-12(3)16-13/h6,8,11,14H,4-5,7,9-10H2,1-3H3. The minimum absolute atomic E-state index is 0.741. The van der Waals surface area contributed by atoms with Crippen LogP contribution in [0.1, 0.15) is 32.4 Å². The first-order valence-electron chi connectivity index (χ1n) is 6.31. The van der Waals surface area contributed by atoms with Crippen LogP contribution in [0.25, 0.3) is 0 Å². The minimum Gasteiger partial charge on any atom is -0.316 e. The van der Waals surface area contributed by atoms with Crippen molar-refractivity contribution in [3.05, 3.63) is 18.0 Å². The first-order valence-corrected chi connectivity index (χ1v) is 7.30. The van der Waals surface area contributed by atoms with Crippen molar-refractivity contribution < 1.29 is 0 Å². The zero-order chi connectivity index (χ0) is 12.5. The quantitative estimate of drug-likeness (QED) is 0.439. The number of hydrogen-bond donors (Lipinski definition) is 1. The molecular formula is C13H23N3S. The van der Waals surface area contributed by atoms with E-state index in [2.05, 4.69) is 29.1 Å². The molecular weight excluding hydrogens is 230 g/mol. The van der Waals surface area contributed by atoms with Gasteiger partial charge in [-0.15, -0.1) is 0 Å². The van der Waals surface area contributed by atoms with Crippen LogP contribution in [0.3, 0.4) is 0 Å². The van der Waals surface area contributed by atoms with Gasteiger partial charge < -0.3 is 5.32 Å². The summed E-state index contributed by atoms with van der Waals surface area (Å²) in [4.78, 5) is 8.60. The molecule has 0 saturated carbocycles. The molecule has 4 heteroatoms. The molecule has 0 aliphatic carbocycles. The van der Waals surface area contributed by atoms with Crippen LogP contribution >= 0.6 is 11.8 Å². The normalized spacial score (nSPS) is 11.1. The average Bonchev–Trinajstić information content (AvgIpc) is 2.27. The molecule has 96 valence electrons. The molecule has 17 heavy (non-hydrogen) atoms. The fraction of sp³-hybridized carbons (Fsp3) is 0.692. The zero-order valence-corrected chi connectivity index (χ0v) is 11.9. The molecule has 0 radical (unpaired) electrons. The van der Waals surface area contributed by atoms with E-state index in [-0.39, 0.29) is 0 Å². The molecule has 0 aliphatic rings. The number of nitrogens with one attached hydrogen (secondary N) is 1. The number of nitrogens with zero attached hydrogens (tertiary/aromatic N) is 2. The third kappa shape index (κ3) is 7.34. The Hall–Kier alpha value is -0.610. The van der Waals surface area contributed by atoms with E-state index < -0.39 is 0 Å². The van der Waals surface area contributed by atoms with Gasteiger partial charge in [-0.05, 0) is 44.8 Å². The monoisotopic (exact) mass is 253 g/mol. The van der Waals surface area contributed by atoms with Crippen molar-refractivity contribution in [2.24, 2.45) is 5.92 Å². The number of aryl methyl sites for hydroxylation is 1. The number of unbranched alkanes of at least 4 members (excludes halogenated alkanes) is 1. The maximum Gasteiger partial charge on any atom is 0.187 e. The summed E-state index contributed by atoms with van der Waals surface area (Å²) >= 11 is 1.75. The molecule has 0 fully saturated rings. The van der Waals surface area contributed by atoms with Gasteiger partial charge in [-0.1, -0.05) is 25.6 Å². The predicted octanol–water partition coefficient (Wildman–Crippen LogP) is 2.90. The molecule has 1 heterocycles. The van der Waals surface area contributed by atoms with Gasteiger partial charge in [-0.25, -0.2) is 9.97 Å². The summed E-state index contributed by atoms with van der Waals surface area (Å²) in [6, 6.07) is 1.93. The highest BCUT2D eigenvalue weighted by Gasteiger charge is 1.98. The lowest BCUT2D eigenvalue weighted by Gasteiger charge is -2.06. The lowest BCUT2D eigenvalue weighted by Crippen LogP contribution is -2.20. The molecule has 1 aromatic heterocycles. The molecule has 0 saturated heterocycles. The van der Waals surface area contributed by atoms with Crippen LogP contribution in [0.15, 0.2) is 17.4 Å². The molecule has 0 atom stereocenters. The molecule has 1 rings (SSSR count). The average molecular weight is 253 g/mol. The lowest BCUT2D eigenvalue weighted by molar-refractivity contribution is 0.541. The van der Waals surface area contributed by atoms with Crippen molar-refractivity contribution in [2.75, 3.05) is 18.8 Å². The Morgan fingerprint density at radius 2 is 2.18 bits per heavy atom. The summed E-state index contributed by atoms with van der Waals surface area (Å²) in [5.74, 6) is 1.84. The van der Waals surface area contributed by atoms with E-state index in [4.69, 9.17) is 0 Å². The lowest BCUT2D eigenvalue weighted by atomic mass is 10.2. The largest absolute Gasteiger partial charge is 0.316 e. The fourth-order valence-electron chi connectivity index (χ4n) is 1.40.